The van der Waals surface area contributed by atoms with E-state index in [1.807, 2.05) is 39.7 Å². The van der Waals surface area contributed by atoms with E-state index < -0.39 is 0 Å². The summed E-state index contributed by atoms with van der Waals surface area (Å²) in [6.45, 7) is 1.49. The number of carbonyl (C=O) groups is 1. The number of thiophene rings is 1. The number of hydrogen-bond donors (Lipinski definition) is 1. The summed E-state index contributed by atoms with van der Waals surface area (Å²) in [5, 5.41) is 4.12. The van der Waals surface area contributed by atoms with Gasteiger partial charge in [0.05, 0.1) is 16.5 Å². The van der Waals surface area contributed by atoms with Gasteiger partial charge < -0.3 is 10.6 Å². The second-order valence-electron chi connectivity index (χ2n) is 8.38. The molecule has 32 heavy (non-hydrogen) atoms. The van der Waals surface area contributed by atoms with Gasteiger partial charge in [0.15, 0.2) is 0 Å². The zero-order valence-electron chi connectivity index (χ0n) is 17.5. The Kier molecular flexibility index (Phi) is 4.91. The van der Waals surface area contributed by atoms with Gasteiger partial charge in [0.1, 0.15) is 17.2 Å². The predicted molar refractivity (Wildman–Crippen MR) is 128 cm³/mol. The number of fused-ring (bicyclic) bond motifs is 2. The third-order valence-electron chi connectivity index (χ3n) is 6.50. The van der Waals surface area contributed by atoms with Crippen molar-refractivity contribution in [2.45, 2.75) is 35.3 Å². The average molecular weight is 462 g/mol. The second-order valence-corrected chi connectivity index (χ2v) is 10.4. The highest BCUT2D eigenvalue weighted by Crippen LogP contribution is 2.48. The Hall–Kier alpha value is -2.84. The molecule has 2 aliphatic rings. The molecule has 6 nitrogen and oxygen atoms in total. The van der Waals surface area contributed by atoms with E-state index in [4.69, 9.17) is 10.7 Å². The van der Waals surface area contributed by atoms with E-state index in [0.29, 0.717) is 11.7 Å². The van der Waals surface area contributed by atoms with Gasteiger partial charge in [-0.25, -0.2) is 9.97 Å². The number of amides is 1. The zero-order chi connectivity index (χ0) is 21.7. The van der Waals surface area contributed by atoms with E-state index in [1.54, 1.807) is 17.5 Å². The SMILES string of the molecule is Nc1nccn2c(C3CCN(C(=O)c4ccsc4)CC3)nc(C3Cc4ccccc4S3)c12. The van der Waals surface area contributed by atoms with Crippen molar-refractivity contribution < 1.29 is 4.79 Å². The summed E-state index contributed by atoms with van der Waals surface area (Å²) < 4.78 is 2.14. The number of carbonyl (C=O) groups excluding carboxylic acids is 1. The molecule has 0 bridgehead atoms. The first-order valence-corrected chi connectivity index (χ1v) is 12.7. The lowest BCUT2D eigenvalue weighted by atomic mass is 9.95. The van der Waals surface area contributed by atoms with Crippen molar-refractivity contribution in [3.8, 4) is 0 Å². The number of aromatic nitrogens is 3. The molecule has 6 rings (SSSR count). The molecule has 0 aliphatic carbocycles. The first-order valence-electron chi connectivity index (χ1n) is 10.9. The van der Waals surface area contributed by atoms with E-state index in [9.17, 15) is 4.79 Å². The van der Waals surface area contributed by atoms with Crippen LogP contribution in [0.25, 0.3) is 5.52 Å². The third kappa shape index (κ3) is 3.29. The van der Waals surface area contributed by atoms with Gasteiger partial charge in [0.2, 0.25) is 0 Å². The molecule has 1 aromatic carbocycles. The molecule has 0 radical (unpaired) electrons. The summed E-state index contributed by atoms with van der Waals surface area (Å²) in [5.41, 5.74) is 10.5. The Morgan fingerprint density at radius 2 is 2.00 bits per heavy atom. The number of piperidine rings is 1. The van der Waals surface area contributed by atoms with Crippen molar-refractivity contribution in [3.63, 3.8) is 0 Å². The maximum atomic E-state index is 12.7. The number of imidazole rings is 1. The number of benzene rings is 1. The normalized spacial score (nSPS) is 18.9. The fourth-order valence-corrected chi connectivity index (χ4v) is 6.81. The van der Waals surface area contributed by atoms with Crippen LogP contribution in [0.5, 0.6) is 0 Å². The summed E-state index contributed by atoms with van der Waals surface area (Å²) in [6.07, 6.45) is 6.48. The first-order chi connectivity index (χ1) is 15.7. The highest BCUT2D eigenvalue weighted by Gasteiger charge is 2.32. The van der Waals surface area contributed by atoms with E-state index in [-0.39, 0.29) is 11.2 Å². The molecule has 0 spiro atoms. The van der Waals surface area contributed by atoms with Crippen molar-refractivity contribution in [1.29, 1.82) is 0 Å². The number of likely N-dealkylation sites (tertiary alicyclic amines) is 1. The lowest BCUT2D eigenvalue weighted by molar-refractivity contribution is 0.0711. The van der Waals surface area contributed by atoms with Crippen molar-refractivity contribution in [3.05, 3.63) is 76.1 Å². The number of anilines is 1. The van der Waals surface area contributed by atoms with Gasteiger partial charge in [-0.3, -0.25) is 9.20 Å². The number of hydrogen-bond acceptors (Lipinski definition) is 6. The highest BCUT2D eigenvalue weighted by molar-refractivity contribution is 7.99. The van der Waals surface area contributed by atoms with Crippen LogP contribution in [0.4, 0.5) is 5.82 Å². The van der Waals surface area contributed by atoms with E-state index in [2.05, 4.69) is 33.7 Å². The summed E-state index contributed by atoms with van der Waals surface area (Å²) in [5.74, 6) is 2.00. The van der Waals surface area contributed by atoms with Crippen LogP contribution in [0.15, 0.2) is 58.4 Å². The van der Waals surface area contributed by atoms with Gasteiger partial charge in [-0.1, -0.05) is 18.2 Å². The molecule has 0 saturated carbocycles. The third-order valence-corrected chi connectivity index (χ3v) is 8.51. The molecule has 4 aromatic rings. The van der Waals surface area contributed by atoms with Crippen LogP contribution in [0.3, 0.4) is 0 Å². The van der Waals surface area contributed by atoms with Crippen molar-refractivity contribution in [2.24, 2.45) is 0 Å². The van der Waals surface area contributed by atoms with Crippen molar-refractivity contribution in [2.75, 3.05) is 18.8 Å². The fourth-order valence-electron chi connectivity index (χ4n) is 4.87. The second kappa shape index (κ2) is 7.94. The van der Waals surface area contributed by atoms with Crippen LogP contribution in [0.2, 0.25) is 0 Å². The average Bonchev–Trinajstić information content (AvgIpc) is 3.57. The Morgan fingerprint density at radius 1 is 1.16 bits per heavy atom. The number of rotatable bonds is 3. The number of nitrogen functional groups attached to an aromatic ring is 1. The molecular formula is C24H23N5OS2. The Morgan fingerprint density at radius 3 is 2.78 bits per heavy atom. The van der Waals surface area contributed by atoms with Crippen LogP contribution in [-0.4, -0.2) is 38.3 Å². The van der Waals surface area contributed by atoms with Gasteiger partial charge in [0.25, 0.3) is 5.91 Å². The molecule has 2 aliphatic heterocycles. The monoisotopic (exact) mass is 461 g/mol. The van der Waals surface area contributed by atoms with Gasteiger partial charge in [-0.2, -0.15) is 11.3 Å². The molecule has 1 amide bonds. The minimum Gasteiger partial charge on any atom is -0.382 e. The number of nitrogens with zero attached hydrogens (tertiary/aromatic N) is 4. The first kappa shape index (κ1) is 19.8. The molecule has 1 fully saturated rings. The molecule has 3 aromatic heterocycles. The summed E-state index contributed by atoms with van der Waals surface area (Å²) >= 11 is 3.43. The smallest absolute Gasteiger partial charge is 0.254 e. The zero-order valence-corrected chi connectivity index (χ0v) is 19.1. The fraction of sp³-hybridized carbons (Fsp3) is 0.292. The van der Waals surface area contributed by atoms with Crippen LogP contribution < -0.4 is 5.73 Å². The van der Waals surface area contributed by atoms with E-state index in [1.165, 1.54) is 10.5 Å². The van der Waals surface area contributed by atoms with E-state index >= 15 is 0 Å². The topological polar surface area (TPSA) is 76.5 Å². The minimum atomic E-state index is 0.131. The maximum absolute atomic E-state index is 12.7. The molecule has 162 valence electrons. The molecule has 5 heterocycles. The molecule has 2 N–H and O–H groups in total. The van der Waals surface area contributed by atoms with E-state index in [0.717, 1.165) is 55.0 Å². The van der Waals surface area contributed by atoms with Crippen LogP contribution in [0.1, 0.15) is 51.4 Å². The van der Waals surface area contributed by atoms with Gasteiger partial charge in [-0.05, 0) is 42.3 Å². The summed E-state index contributed by atoms with van der Waals surface area (Å²) in [7, 11) is 0. The van der Waals surface area contributed by atoms with Crippen LogP contribution >= 0.6 is 23.1 Å². The molecule has 8 heteroatoms. The predicted octanol–water partition coefficient (Wildman–Crippen LogP) is 4.78. The Labute approximate surface area is 194 Å². The van der Waals surface area contributed by atoms with Gasteiger partial charge in [-0.15, -0.1) is 11.8 Å². The Balaban J connectivity index is 1.29. The maximum Gasteiger partial charge on any atom is 0.254 e. The summed E-state index contributed by atoms with van der Waals surface area (Å²) in [6, 6.07) is 10.5. The lowest BCUT2D eigenvalue weighted by Crippen LogP contribution is -2.38. The van der Waals surface area contributed by atoms with Gasteiger partial charge in [0, 0.05) is 41.7 Å². The van der Waals surface area contributed by atoms with Gasteiger partial charge >= 0.3 is 0 Å². The number of thioether (sulfide) groups is 1. The quantitative estimate of drug-likeness (QED) is 0.475. The lowest BCUT2D eigenvalue weighted by Gasteiger charge is -2.31. The van der Waals surface area contributed by atoms with Crippen molar-refractivity contribution in [1.82, 2.24) is 19.3 Å². The van der Waals surface area contributed by atoms with Crippen molar-refractivity contribution >= 4 is 40.3 Å². The highest BCUT2D eigenvalue weighted by atomic mass is 32.2. The summed E-state index contributed by atoms with van der Waals surface area (Å²) in [4.78, 5) is 25.6. The molecule has 1 saturated heterocycles. The number of nitrogens with two attached hydrogens (primary N) is 1. The molecular weight excluding hydrogens is 438 g/mol. The largest absolute Gasteiger partial charge is 0.382 e. The van der Waals surface area contributed by atoms with Crippen LogP contribution in [-0.2, 0) is 6.42 Å². The Bertz CT molecular complexity index is 1270. The minimum absolute atomic E-state index is 0.131. The standard InChI is InChI=1S/C24H23N5OS2/c25-22-21-20(19-13-16-3-1-2-4-18(16)32-19)27-23(29(21)11-8-26-22)15-5-9-28(10-6-15)24(30)17-7-12-31-14-17/h1-4,7-8,11-12,14-15,19H,5-6,9-10,13H2,(H2,25,26). The molecule has 1 atom stereocenters. The molecule has 1 unspecified atom stereocenters. The van der Waals surface area contributed by atoms with Crippen LogP contribution in [0, 0.1) is 0 Å².